The molecule has 1 heterocycles. The van der Waals surface area contributed by atoms with Gasteiger partial charge in [0, 0.05) is 17.8 Å². The SMILES string of the molecule is NCCC(=O)Nc1nc2c(s1)CCC2. The maximum atomic E-state index is 11.2. The minimum atomic E-state index is -0.0417. The Labute approximate surface area is 86.5 Å². The molecule has 0 saturated heterocycles. The van der Waals surface area contributed by atoms with Crippen LogP contribution in [0.5, 0.6) is 0 Å². The summed E-state index contributed by atoms with van der Waals surface area (Å²) >= 11 is 1.59. The van der Waals surface area contributed by atoms with E-state index in [0.717, 1.165) is 23.7 Å². The van der Waals surface area contributed by atoms with Gasteiger partial charge in [-0.3, -0.25) is 4.79 Å². The molecule has 1 amide bonds. The van der Waals surface area contributed by atoms with E-state index in [1.807, 2.05) is 0 Å². The van der Waals surface area contributed by atoms with Crippen molar-refractivity contribution >= 4 is 22.4 Å². The molecule has 0 radical (unpaired) electrons. The molecule has 1 aromatic heterocycles. The van der Waals surface area contributed by atoms with E-state index in [2.05, 4.69) is 10.3 Å². The third-order valence-electron chi connectivity index (χ3n) is 2.21. The summed E-state index contributed by atoms with van der Waals surface area (Å²) in [7, 11) is 0. The van der Waals surface area contributed by atoms with E-state index < -0.39 is 0 Å². The van der Waals surface area contributed by atoms with E-state index in [1.165, 1.54) is 11.3 Å². The van der Waals surface area contributed by atoms with Crippen molar-refractivity contribution in [1.82, 2.24) is 4.98 Å². The molecule has 1 aliphatic carbocycles. The quantitative estimate of drug-likeness (QED) is 0.781. The Kier molecular flexibility index (Phi) is 2.79. The van der Waals surface area contributed by atoms with Gasteiger partial charge in [0.15, 0.2) is 5.13 Å². The monoisotopic (exact) mass is 211 g/mol. The summed E-state index contributed by atoms with van der Waals surface area (Å²) in [5, 5.41) is 3.49. The molecule has 0 bridgehead atoms. The van der Waals surface area contributed by atoms with Crippen molar-refractivity contribution in [3.05, 3.63) is 10.6 Å². The molecule has 4 nitrogen and oxygen atoms in total. The predicted octanol–water partition coefficient (Wildman–Crippen LogP) is 0.919. The number of thiazole rings is 1. The van der Waals surface area contributed by atoms with Gasteiger partial charge in [-0.05, 0) is 19.3 Å². The van der Waals surface area contributed by atoms with Crippen LogP contribution in [0, 0.1) is 0 Å². The number of aromatic nitrogens is 1. The highest BCUT2D eigenvalue weighted by atomic mass is 32.1. The van der Waals surface area contributed by atoms with Crippen molar-refractivity contribution in [3.8, 4) is 0 Å². The molecule has 0 unspecified atom stereocenters. The van der Waals surface area contributed by atoms with Crippen LogP contribution in [0.1, 0.15) is 23.4 Å². The number of aryl methyl sites for hydroxylation is 2. The van der Waals surface area contributed by atoms with E-state index >= 15 is 0 Å². The third kappa shape index (κ3) is 1.93. The molecular formula is C9H13N3OS. The highest BCUT2D eigenvalue weighted by Crippen LogP contribution is 2.30. The molecule has 76 valence electrons. The van der Waals surface area contributed by atoms with Crippen molar-refractivity contribution in [2.45, 2.75) is 25.7 Å². The zero-order valence-corrected chi connectivity index (χ0v) is 8.69. The van der Waals surface area contributed by atoms with Gasteiger partial charge in [0.05, 0.1) is 5.69 Å². The fourth-order valence-corrected chi connectivity index (χ4v) is 2.62. The smallest absolute Gasteiger partial charge is 0.227 e. The molecule has 14 heavy (non-hydrogen) atoms. The number of hydrogen-bond acceptors (Lipinski definition) is 4. The van der Waals surface area contributed by atoms with E-state index in [4.69, 9.17) is 5.73 Å². The molecule has 3 N–H and O–H groups in total. The lowest BCUT2D eigenvalue weighted by molar-refractivity contribution is -0.116. The van der Waals surface area contributed by atoms with Gasteiger partial charge in [0.25, 0.3) is 0 Å². The number of carbonyl (C=O) groups excluding carboxylic acids is 1. The summed E-state index contributed by atoms with van der Waals surface area (Å²) in [6, 6.07) is 0. The molecule has 0 spiro atoms. The van der Waals surface area contributed by atoms with Crippen molar-refractivity contribution in [3.63, 3.8) is 0 Å². The average Bonchev–Trinajstić information content (AvgIpc) is 2.63. The first-order chi connectivity index (χ1) is 6.79. The summed E-state index contributed by atoms with van der Waals surface area (Å²) in [5.74, 6) is -0.0417. The number of hydrogen-bond donors (Lipinski definition) is 2. The van der Waals surface area contributed by atoms with E-state index in [1.54, 1.807) is 11.3 Å². The summed E-state index contributed by atoms with van der Waals surface area (Å²) in [6.07, 6.45) is 3.73. The van der Waals surface area contributed by atoms with Crippen molar-refractivity contribution in [1.29, 1.82) is 0 Å². The molecule has 0 aromatic carbocycles. The topological polar surface area (TPSA) is 68.0 Å². The van der Waals surface area contributed by atoms with Gasteiger partial charge in [0.1, 0.15) is 0 Å². The maximum absolute atomic E-state index is 11.2. The minimum absolute atomic E-state index is 0.0417. The number of rotatable bonds is 3. The van der Waals surface area contributed by atoms with Gasteiger partial charge in [-0.2, -0.15) is 0 Å². The number of nitrogens with one attached hydrogen (secondary N) is 1. The fraction of sp³-hybridized carbons (Fsp3) is 0.556. The highest BCUT2D eigenvalue weighted by Gasteiger charge is 2.17. The summed E-state index contributed by atoms with van der Waals surface area (Å²) in [4.78, 5) is 16.9. The highest BCUT2D eigenvalue weighted by molar-refractivity contribution is 7.15. The largest absolute Gasteiger partial charge is 0.330 e. The van der Waals surface area contributed by atoms with Gasteiger partial charge in [-0.25, -0.2) is 4.98 Å². The first-order valence-electron chi connectivity index (χ1n) is 4.78. The molecular weight excluding hydrogens is 198 g/mol. The zero-order chi connectivity index (χ0) is 9.97. The summed E-state index contributed by atoms with van der Waals surface area (Å²) < 4.78 is 0. The molecule has 0 atom stereocenters. The first-order valence-corrected chi connectivity index (χ1v) is 5.59. The van der Waals surface area contributed by atoms with Crippen LogP contribution < -0.4 is 11.1 Å². The van der Waals surface area contributed by atoms with Gasteiger partial charge in [-0.1, -0.05) is 0 Å². The van der Waals surface area contributed by atoms with Crippen molar-refractivity contribution < 1.29 is 4.79 Å². The van der Waals surface area contributed by atoms with Crippen LogP contribution in [0.15, 0.2) is 0 Å². The number of amides is 1. The Bertz CT molecular complexity index is 326. The number of carbonyl (C=O) groups is 1. The van der Waals surface area contributed by atoms with Crippen LogP contribution in [0.4, 0.5) is 5.13 Å². The average molecular weight is 211 g/mol. The van der Waals surface area contributed by atoms with Gasteiger partial charge >= 0.3 is 0 Å². The number of anilines is 1. The van der Waals surface area contributed by atoms with Crippen LogP contribution >= 0.6 is 11.3 Å². The molecule has 1 aliphatic rings. The maximum Gasteiger partial charge on any atom is 0.227 e. The first kappa shape index (κ1) is 9.61. The molecule has 1 aromatic rings. The molecule has 0 aliphatic heterocycles. The fourth-order valence-electron chi connectivity index (χ4n) is 1.56. The lowest BCUT2D eigenvalue weighted by Gasteiger charge is -1.98. The van der Waals surface area contributed by atoms with Crippen molar-refractivity contribution in [2.24, 2.45) is 5.73 Å². The Morgan fingerprint density at radius 3 is 3.14 bits per heavy atom. The van der Waals surface area contributed by atoms with E-state index in [9.17, 15) is 4.79 Å². The Hall–Kier alpha value is -0.940. The second kappa shape index (κ2) is 4.06. The van der Waals surface area contributed by atoms with Gasteiger partial charge in [-0.15, -0.1) is 11.3 Å². The summed E-state index contributed by atoms with van der Waals surface area (Å²) in [6.45, 7) is 0.386. The second-order valence-corrected chi connectivity index (χ2v) is 4.41. The molecule has 2 rings (SSSR count). The normalized spacial score (nSPS) is 14.1. The standard InChI is InChI=1S/C9H13N3OS/c10-5-4-8(13)12-9-11-6-2-1-3-7(6)14-9/h1-5,10H2,(H,11,12,13). The number of fused-ring (bicyclic) bond motifs is 1. The Morgan fingerprint density at radius 2 is 2.43 bits per heavy atom. The number of nitrogens with zero attached hydrogens (tertiary/aromatic N) is 1. The Balaban J connectivity index is 2.00. The predicted molar refractivity (Wildman–Crippen MR) is 56.4 cm³/mol. The van der Waals surface area contributed by atoms with Crippen LogP contribution in [-0.4, -0.2) is 17.4 Å². The van der Waals surface area contributed by atoms with Crippen LogP contribution in [0.25, 0.3) is 0 Å². The van der Waals surface area contributed by atoms with Crippen LogP contribution in [0.2, 0.25) is 0 Å². The molecule has 5 heteroatoms. The van der Waals surface area contributed by atoms with Gasteiger partial charge < -0.3 is 11.1 Å². The third-order valence-corrected chi connectivity index (χ3v) is 3.29. The van der Waals surface area contributed by atoms with Crippen LogP contribution in [-0.2, 0) is 17.6 Å². The van der Waals surface area contributed by atoms with E-state index in [-0.39, 0.29) is 5.91 Å². The molecule has 0 saturated carbocycles. The lowest BCUT2D eigenvalue weighted by atomic mass is 10.4. The number of nitrogens with two attached hydrogens (primary N) is 1. The van der Waals surface area contributed by atoms with E-state index in [0.29, 0.717) is 13.0 Å². The minimum Gasteiger partial charge on any atom is -0.330 e. The zero-order valence-electron chi connectivity index (χ0n) is 7.88. The van der Waals surface area contributed by atoms with Crippen molar-refractivity contribution in [2.75, 3.05) is 11.9 Å². The van der Waals surface area contributed by atoms with Crippen LogP contribution in [0.3, 0.4) is 0 Å². The second-order valence-electron chi connectivity index (χ2n) is 3.33. The van der Waals surface area contributed by atoms with Gasteiger partial charge in [0.2, 0.25) is 5.91 Å². The molecule has 0 fully saturated rings. The lowest BCUT2D eigenvalue weighted by Crippen LogP contribution is -2.16. The summed E-state index contributed by atoms with van der Waals surface area (Å²) in [5.41, 5.74) is 6.44. The Morgan fingerprint density at radius 1 is 1.57 bits per heavy atom.